The molecular formula is C26H26N2O3S. The van der Waals surface area contributed by atoms with Gasteiger partial charge in [0.25, 0.3) is 5.91 Å². The minimum absolute atomic E-state index is 0.0370. The van der Waals surface area contributed by atoms with Crippen molar-refractivity contribution in [1.29, 1.82) is 0 Å². The van der Waals surface area contributed by atoms with E-state index >= 15 is 0 Å². The molecule has 3 aromatic rings. The van der Waals surface area contributed by atoms with Gasteiger partial charge in [-0.05, 0) is 60.7 Å². The molecule has 6 heteroatoms. The highest BCUT2D eigenvalue weighted by Crippen LogP contribution is 2.28. The fourth-order valence-electron chi connectivity index (χ4n) is 3.14. The van der Waals surface area contributed by atoms with E-state index in [1.165, 1.54) is 10.4 Å². The minimum Gasteiger partial charge on any atom is -0.484 e. The van der Waals surface area contributed by atoms with Gasteiger partial charge in [-0.1, -0.05) is 42.5 Å². The number of rotatable bonds is 10. The van der Waals surface area contributed by atoms with Gasteiger partial charge in [0, 0.05) is 28.4 Å². The molecule has 0 radical (unpaired) electrons. The van der Waals surface area contributed by atoms with Crippen molar-refractivity contribution in [1.82, 2.24) is 10.6 Å². The van der Waals surface area contributed by atoms with E-state index < -0.39 is 0 Å². The lowest BCUT2D eigenvalue weighted by Crippen LogP contribution is -2.30. The first-order valence-electron chi connectivity index (χ1n) is 10.8. The Morgan fingerprint density at radius 3 is 2.53 bits per heavy atom. The summed E-state index contributed by atoms with van der Waals surface area (Å²) in [5.74, 6) is 0.477. The van der Waals surface area contributed by atoms with Gasteiger partial charge >= 0.3 is 0 Å². The molecule has 1 aromatic heterocycles. The van der Waals surface area contributed by atoms with Crippen molar-refractivity contribution < 1.29 is 14.3 Å². The first-order chi connectivity index (χ1) is 15.7. The van der Waals surface area contributed by atoms with Gasteiger partial charge in [0.15, 0.2) is 6.61 Å². The molecule has 32 heavy (non-hydrogen) atoms. The Morgan fingerprint density at radius 1 is 1.00 bits per heavy atom. The summed E-state index contributed by atoms with van der Waals surface area (Å²) in [7, 11) is 0. The van der Waals surface area contributed by atoms with Gasteiger partial charge in [0.1, 0.15) is 5.75 Å². The van der Waals surface area contributed by atoms with Crippen LogP contribution in [0.25, 0.3) is 16.5 Å². The fraction of sp³-hybridized carbons (Fsp3) is 0.231. The lowest BCUT2D eigenvalue weighted by molar-refractivity contribution is -0.123. The van der Waals surface area contributed by atoms with Gasteiger partial charge < -0.3 is 15.4 Å². The van der Waals surface area contributed by atoms with Crippen molar-refractivity contribution in [2.24, 2.45) is 0 Å². The lowest BCUT2D eigenvalue weighted by Gasteiger charge is -2.08. The second-order valence-electron chi connectivity index (χ2n) is 7.72. The van der Waals surface area contributed by atoms with Gasteiger partial charge in [-0.25, -0.2) is 0 Å². The zero-order valence-electron chi connectivity index (χ0n) is 17.8. The molecule has 0 unspecified atom stereocenters. The largest absolute Gasteiger partial charge is 0.484 e. The van der Waals surface area contributed by atoms with E-state index in [2.05, 4.69) is 28.8 Å². The van der Waals surface area contributed by atoms with Gasteiger partial charge in [0.2, 0.25) is 5.91 Å². The molecule has 0 atom stereocenters. The summed E-state index contributed by atoms with van der Waals surface area (Å²) < 4.78 is 5.51. The number of nitrogens with one attached hydrogen (secondary N) is 2. The third-order valence-corrected chi connectivity index (χ3v) is 6.13. The topological polar surface area (TPSA) is 67.4 Å². The van der Waals surface area contributed by atoms with E-state index in [1.807, 2.05) is 54.6 Å². The summed E-state index contributed by atoms with van der Waals surface area (Å²) in [6.45, 7) is 0.586. The molecule has 0 bridgehead atoms. The van der Waals surface area contributed by atoms with E-state index in [0.717, 1.165) is 29.7 Å². The molecule has 2 N–H and O–H groups in total. The first-order valence-corrected chi connectivity index (χ1v) is 11.6. The summed E-state index contributed by atoms with van der Waals surface area (Å²) in [4.78, 5) is 26.0. The van der Waals surface area contributed by atoms with Crippen LogP contribution in [0.3, 0.4) is 0 Å². The monoisotopic (exact) mass is 446 g/mol. The van der Waals surface area contributed by atoms with Crippen LogP contribution in [0, 0.1) is 0 Å². The van der Waals surface area contributed by atoms with Crippen molar-refractivity contribution in [3.05, 3.63) is 83.2 Å². The maximum absolute atomic E-state index is 12.1. The Morgan fingerprint density at radius 2 is 1.78 bits per heavy atom. The summed E-state index contributed by atoms with van der Waals surface area (Å²) in [5, 5.41) is 5.81. The third-order valence-electron chi connectivity index (χ3n) is 5.03. The van der Waals surface area contributed by atoms with Crippen LogP contribution in [0.2, 0.25) is 0 Å². The number of ether oxygens (including phenoxy) is 1. The Labute approximate surface area is 192 Å². The number of hydrogen-bond acceptors (Lipinski definition) is 4. The van der Waals surface area contributed by atoms with Crippen LogP contribution in [0.4, 0.5) is 0 Å². The standard InChI is InChI=1S/C26H26N2O3S/c29-25(15-13-23-12-14-24(32-23)20-4-2-1-3-5-20)27-17-16-19-6-10-22(11-7-19)31-18-26(30)28-21-8-9-21/h1-7,10-15,21H,8-9,16-18H2,(H,27,29)(H,28,30)/b15-13+. The molecule has 2 aromatic carbocycles. The maximum Gasteiger partial charge on any atom is 0.258 e. The van der Waals surface area contributed by atoms with Crippen LogP contribution in [0.5, 0.6) is 5.75 Å². The average molecular weight is 447 g/mol. The maximum atomic E-state index is 12.1. The summed E-state index contributed by atoms with van der Waals surface area (Å²) in [6.07, 6.45) is 6.27. The minimum atomic E-state index is -0.110. The zero-order valence-corrected chi connectivity index (χ0v) is 18.6. The van der Waals surface area contributed by atoms with E-state index in [4.69, 9.17) is 4.74 Å². The second-order valence-corrected chi connectivity index (χ2v) is 8.83. The Bertz CT molecular complexity index is 1070. The smallest absolute Gasteiger partial charge is 0.258 e. The molecule has 0 aliphatic heterocycles. The van der Waals surface area contributed by atoms with Gasteiger partial charge in [-0.2, -0.15) is 0 Å². The molecule has 0 spiro atoms. The summed E-state index contributed by atoms with van der Waals surface area (Å²) in [5.41, 5.74) is 2.27. The highest BCUT2D eigenvalue weighted by Gasteiger charge is 2.23. The second kappa shape index (κ2) is 10.8. The molecule has 1 saturated carbocycles. The van der Waals surface area contributed by atoms with Gasteiger partial charge in [0.05, 0.1) is 0 Å². The number of thiophene rings is 1. The van der Waals surface area contributed by atoms with Crippen molar-refractivity contribution in [3.63, 3.8) is 0 Å². The molecule has 2 amide bonds. The van der Waals surface area contributed by atoms with E-state index in [0.29, 0.717) is 18.3 Å². The molecule has 1 fully saturated rings. The number of carbonyl (C=O) groups is 2. The van der Waals surface area contributed by atoms with Crippen molar-refractivity contribution in [2.75, 3.05) is 13.2 Å². The predicted molar refractivity (Wildman–Crippen MR) is 129 cm³/mol. The lowest BCUT2D eigenvalue weighted by atomic mass is 10.1. The van der Waals surface area contributed by atoms with Crippen molar-refractivity contribution >= 4 is 29.2 Å². The average Bonchev–Trinajstić information content (AvgIpc) is 3.50. The SMILES string of the molecule is O=C(/C=C/c1ccc(-c2ccccc2)s1)NCCc1ccc(OCC(=O)NC2CC2)cc1. The molecule has 1 aliphatic rings. The number of hydrogen-bond donors (Lipinski definition) is 2. The summed E-state index contributed by atoms with van der Waals surface area (Å²) >= 11 is 1.66. The van der Waals surface area contributed by atoms with Crippen LogP contribution in [-0.2, 0) is 16.0 Å². The molecular weight excluding hydrogens is 420 g/mol. The summed E-state index contributed by atoms with van der Waals surface area (Å²) in [6, 6.07) is 22.2. The first kappa shape index (κ1) is 21.8. The van der Waals surface area contributed by atoms with Crippen LogP contribution < -0.4 is 15.4 Å². The Balaban J connectivity index is 1.17. The van der Waals surface area contributed by atoms with Crippen LogP contribution in [0.1, 0.15) is 23.3 Å². The van der Waals surface area contributed by atoms with E-state index in [-0.39, 0.29) is 18.4 Å². The van der Waals surface area contributed by atoms with E-state index in [9.17, 15) is 9.59 Å². The molecule has 0 saturated heterocycles. The fourth-order valence-corrected chi connectivity index (χ4v) is 4.06. The van der Waals surface area contributed by atoms with Crippen molar-refractivity contribution in [2.45, 2.75) is 25.3 Å². The van der Waals surface area contributed by atoms with Crippen LogP contribution >= 0.6 is 11.3 Å². The zero-order chi connectivity index (χ0) is 22.2. The van der Waals surface area contributed by atoms with Gasteiger partial charge in [-0.3, -0.25) is 9.59 Å². The molecule has 164 valence electrons. The van der Waals surface area contributed by atoms with Gasteiger partial charge in [-0.15, -0.1) is 11.3 Å². The third kappa shape index (κ3) is 6.82. The Hall–Kier alpha value is -3.38. The van der Waals surface area contributed by atoms with Crippen molar-refractivity contribution in [3.8, 4) is 16.2 Å². The molecule has 5 nitrogen and oxygen atoms in total. The normalized spacial score (nSPS) is 13.1. The molecule has 1 aliphatic carbocycles. The van der Waals surface area contributed by atoms with E-state index in [1.54, 1.807) is 17.4 Å². The highest BCUT2D eigenvalue weighted by atomic mass is 32.1. The van der Waals surface area contributed by atoms with Crippen LogP contribution in [0.15, 0.2) is 72.8 Å². The molecule has 4 rings (SSSR count). The Kier molecular flexibility index (Phi) is 7.35. The number of carbonyl (C=O) groups excluding carboxylic acids is 2. The molecule has 1 heterocycles. The predicted octanol–water partition coefficient (Wildman–Crippen LogP) is 4.44. The quantitative estimate of drug-likeness (QED) is 0.452. The number of benzene rings is 2. The number of amides is 2. The highest BCUT2D eigenvalue weighted by molar-refractivity contribution is 7.16. The van der Waals surface area contributed by atoms with Crippen LogP contribution in [-0.4, -0.2) is 31.0 Å².